The molecule has 0 radical (unpaired) electrons. The molecule has 0 unspecified atom stereocenters. The van der Waals surface area contributed by atoms with Gasteiger partial charge >= 0.3 is 0 Å². The van der Waals surface area contributed by atoms with E-state index in [1.54, 1.807) is 14.0 Å². The lowest BCUT2D eigenvalue weighted by molar-refractivity contribution is 0.407. The number of aromatic hydroxyl groups is 1. The Morgan fingerprint density at radius 2 is 2.25 bits per heavy atom. The van der Waals surface area contributed by atoms with Crippen molar-refractivity contribution in [2.75, 3.05) is 0 Å². The van der Waals surface area contributed by atoms with Gasteiger partial charge in [-0.25, -0.2) is 4.39 Å². The summed E-state index contributed by atoms with van der Waals surface area (Å²) < 4.78 is 13.7. The number of alkyl halides is 1. The fourth-order valence-electron chi connectivity index (χ4n) is 1.02. The van der Waals surface area contributed by atoms with Crippen molar-refractivity contribution in [3.05, 3.63) is 27.7 Å². The van der Waals surface area contributed by atoms with Gasteiger partial charge in [-0.2, -0.15) is 0 Å². The Kier molecular flexibility index (Phi) is 2.17. The van der Waals surface area contributed by atoms with Crippen LogP contribution in [0, 0.1) is 6.92 Å². The Bertz CT molecular complexity index is 357. The Balaban J connectivity index is 3.53. The van der Waals surface area contributed by atoms with Crippen molar-refractivity contribution in [3.63, 3.8) is 0 Å². The second kappa shape index (κ2) is 2.97. The second-order valence-electron chi connectivity index (χ2n) is 2.64. The van der Waals surface area contributed by atoms with Gasteiger partial charge in [0, 0.05) is 18.8 Å². The summed E-state index contributed by atoms with van der Waals surface area (Å²) in [6, 6.07) is 1.27. The van der Waals surface area contributed by atoms with Crippen molar-refractivity contribution in [1.29, 1.82) is 0 Å². The van der Waals surface area contributed by atoms with Gasteiger partial charge in [0.15, 0.2) is 5.75 Å². The number of hydrogen-bond acceptors (Lipinski definition) is 2. The maximum atomic E-state index is 12.3. The summed E-state index contributed by atoms with van der Waals surface area (Å²) in [5, 5.41) is 9.13. The molecule has 0 spiro atoms. The standard InChI is InChI=1S/C8H10FNO2/c1-5-3-7(11)8(12)6(4-9)10(5)2/h3,12H,4H2,1-2H3. The molecule has 66 valence electrons. The number of aryl methyl sites for hydroxylation is 1. The third-order valence-electron chi connectivity index (χ3n) is 1.91. The first kappa shape index (κ1) is 8.77. The van der Waals surface area contributed by atoms with Crippen molar-refractivity contribution in [2.45, 2.75) is 13.6 Å². The van der Waals surface area contributed by atoms with Crippen LogP contribution in [0.25, 0.3) is 0 Å². The first-order valence-electron chi connectivity index (χ1n) is 3.52. The maximum Gasteiger partial charge on any atom is 0.223 e. The zero-order chi connectivity index (χ0) is 9.30. The Morgan fingerprint density at radius 1 is 1.67 bits per heavy atom. The van der Waals surface area contributed by atoms with Gasteiger partial charge in [0.2, 0.25) is 5.43 Å². The minimum Gasteiger partial charge on any atom is -0.503 e. The Labute approximate surface area is 69.1 Å². The van der Waals surface area contributed by atoms with Crippen LogP contribution in [0.15, 0.2) is 10.9 Å². The molecule has 1 aromatic heterocycles. The third kappa shape index (κ3) is 1.20. The van der Waals surface area contributed by atoms with E-state index in [0.717, 1.165) is 0 Å². The van der Waals surface area contributed by atoms with E-state index in [9.17, 15) is 9.18 Å². The van der Waals surface area contributed by atoms with Gasteiger partial charge in [-0.05, 0) is 6.92 Å². The summed E-state index contributed by atoms with van der Waals surface area (Å²) in [6.07, 6.45) is 0. The molecule has 1 N–H and O–H groups in total. The topological polar surface area (TPSA) is 42.2 Å². The van der Waals surface area contributed by atoms with Gasteiger partial charge in [-0.1, -0.05) is 0 Å². The fraction of sp³-hybridized carbons (Fsp3) is 0.375. The van der Waals surface area contributed by atoms with Crippen LogP contribution < -0.4 is 5.43 Å². The predicted octanol–water partition coefficient (Wildman–Crippen LogP) is 0.869. The van der Waals surface area contributed by atoms with Crippen molar-refractivity contribution < 1.29 is 9.50 Å². The first-order chi connectivity index (χ1) is 5.57. The fourth-order valence-corrected chi connectivity index (χ4v) is 1.02. The normalized spacial score (nSPS) is 10.2. The van der Waals surface area contributed by atoms with E-state index >= 15 is 0 Å². The second-order valence-corrected chi connectivity index (χ2v) is 2.64. The Hall–Kier alpha value is -1.32. The van der Waals surface area contributed by atoms with E-state index in [4.69, 9.17) is 5.11 Å². The van der Waals surface area contributed by atoms with Crippen LogP contribution in [0.4, 0.5) is 4.39 Å². The highest BCUT2D eigenvalue weighted by Crippen LogP contribution is 2.13. The zero-order valence-electron chi connectivity index (χ0n) is 6.97. The number of aromatic nitrogens is 1. The molecule has 1 rings (SSSR count). The monoisotopic (exact) mass is 171 g/mol. The van der Waals surface area contributed by atoms with Gasteiger partial charge in [-0.3, -0.25) is 4.79 Å². The largest absolute Gasteiger partial charge is 0.503 e. The minimum atomic E-state index is -0.834. The molecule has 0 bridgehead atoms. The van der Waals surface area contributed by atoms with E-state index in [-0.39, 0.29) is 5.69 Å². The third-order valence-corrected chi connectivity index (χ3v) is 1.91. The molecule has 1 heterocycles. The van der Waals surface area contributed by atoms with Gasteiger partial charge in [0.1, 0.15) is 6.67 Å². The SMILES string of the molecule is Cc1cc(=O)c(O)c(CF)n1C. The van der Waals surface area contributed by atoms with Gasteiger partial charge < -0.3 is 9.67 Å². The summed E-state index contributed by atoms with van der Waals surface area (Å²) in [6.45, 7) is 0.846. The average Bonchev–Trinajstić information content (AvgIpc) is 2.02. The van der Waals surface area contributed by atoms with Gasteiger partial charge in [-0.15, -0.1) is 0 Å². The van der Waals surface area contributed by atoms with Crippen LogP contribution in [-0.2, 0) is 13.7 Å². The molecule has 0 aliphatic carbocycles. The summed E-state index contributed by atoms with van der Waals surface area (Å²) in [7, 11) is 1.60. The molecular formula is C8H10FNO2. The van der Waals surface area contributed by atoms with E-state index < -0.39 is 17.9 Å². The Morgan fingerprint density at radius 3 is 2.75 bits per heavy atom. The van der Waals surface area contributed by atoms with Gasteiger partial charge in [0.05, 0.1) is 5.69 Å². The molecule has 12 heavy (non-hydrogen) atoms. The summed E-state index contributed by atoms with van der Waals surface area (Å²) in [5.74, 6) is -0.495. The minimum absolute atomic E-state index is 0.0278. The summed E-state index contributed by atoms with van der Waals surface area (Å²) in [5.41, 5.74) is 0.128. The molecule has 0 saturated carbocycles. The predicted molar refractivity (Wildman–Crippen MR) is 42.9 cm³/mol. The highest BCUT2D eigenvalue weighted by Gasteiger charge is 2.09. The van der Waals surface area contributed by atoms with Crippen molar-refractivity contribution >= 4 is 0 Å². The van der Waals surface area contributed by atoms with Crippen LogP contribution in [0.3, 0.4) is 0 Å². The van der Waals surface area contributed by atoms with Crippen molar-refractivity contribution in [3.8, 4) is 5.75 Å². The molecule has 0 fully saturated rings. The molecule has 0 aliphatic rings. The molecule has 0 saturated heterocycles. The number of nitrogens with zero attached hydrogens (tertiary/aromatic N) is 1. The van der Waals surface area contributed by atoms with Gasteiger partial charge in [0.25, 0.3) is 0 Å². The highest BCUT2D eigenvalue weighted by atomic mass is 19.1. The summed E-state index contributed by atoms with van der Waals surface area (Å²) >= 11 is 0. The van der Waals surface area contributed by atoms with Crippen LogP contribution in [0.5, 0.6) is 5.75 Å². The molecule has 0 atom stereocenters. The quantitative estimate of drug-likeness (QED) is 0.681. The molecule has 1 aromatic rings. The molecular weight excluding hydrogens is 161 g/mol. The molecule has 3 nitrogen and oxygen atoms in total. The number of pyridine rings is 1. The van der Waals surface area contributed by atoms with E-state index in [1.165, 1.54) is 10.6 Å². The lowest BCUT2D eigenvalue weighted by Gasteiger charge is -2.09. The van der Waals surface area contributed by atoms with E-state index in [0.29, 0.717) is 5.69 Å². The van der Waals surface area contributed by atoms with Crippen LogP contribution >= 0.6 is 0 Å². The lowest BCUT2D eigenvalue weighted by atomic mass is 10.2. The van der Waals surface area contributed by atoms with Crippen LogP contribution in [0.2, 0.25) is 0 Å². The molecule has 4 heteroatoms. The van der Waals surface area contributed by atoms with Crippen molar-refractivity contribution in [1.82, 2.24) is 4.57 Å². The number of rotatable bonds is 1. The molecule has 0 aliphatic heterocycles. The lowest BCUT2D eigenvalue weighted by Crippen LogP contribution is -2.12. The van der Waals surface area contributed by atoms with Crippen LogP contribution in [0.1, 0.15) is 11.4 Å². The zero-order valence-corrected chi connectivity index (χ0v) is 6.97. The molecule has 0 amide bonds. The van der Waals surface area contributed by atoms with E-state index in [2.05, 4.69) is 0 Å². The smallest absolute Gasteiger partial charge is 0.223 e. The first-order valence-corrected chi connectivity index (χ1v) is 3.52. The van der Waals surface area contributed by atoms with Crippen molar-refractivity contribution in [2.24, 2.45) is 7.05 Å². The average molecular weight is 171 g/mol. The maximum absolute atomic E-state index is 12.3. The van der Waals surface area contributed by atoms with Crippen LogP contribution in [-0.4, -0.2) is 9.67 Å². The number of halogens is 1. The van der Waals surface area contributed by atoms with E-state index in [1.807, 2.05) is 0 Å². The highest BCUT2D eigenvalue weighted by molar-refractivity contribution is 5.28. The molecule has 0 aromatic carbocycles. The number of hydrogen-bond donors (Lipinski definition) is 1. The summed E-state index contributed by atoms with van der Waals surface area (Å²) in [4.78, 5) is 10.9.